The molecule has 0 aliphatic rings. The van der Waals surface area contributed by atoms with Crippen LogP contribution >= 0.6 is 0 Å². The number of ether oxygens (including phenoxy) is 1. The van der Waals surface area contributed by atoms with Gasteiger partial charge in [-0.25, -0.2) is 4.79 Å². The lowest BCUT2D eigenvalue weighted by Gasteiger charge is -2.15. The molecule has 2 aromatic rings. The first-order chi connectivity index (χ1) is 11.3. The van der Waals surface area contributed by atoms with E-state index in [1.807, 2.05) is 6.92 Å². The van der Waals surface area contributed by atoms with Gasteiger partial charge in [-0.2, -0.15) is 13.2 Å². The Morgan fingerprint density at radius 1 is 1.25 bits per heavy atom. The van der Waals surface area contributed by atoms with E-state index in [2.05, 4.69) is 0 Å². The molecule has 0 aliphatic carbocycles. The second-order valence-electron chi connectivity index (χ2n) is 5.37. The van der Waals surface area contributed by atoms with Gasteiger partial charge >= 0.3 is 12.1 Å². The van der Waals surface area contributed by atoms with Gasteiger partial charge in [-0.05, 0) is 31.5 Å². The van der Waals surface area contributed by atoms with Crippen molar-refractivity contribution in [2.75, 3.05) is 6.61 Å². The zero-order valence-electron chi connectivity index (χ0n) is 13.4. The third kappa shape index (κ3) is 3.60. The van der Waals surface area contributed by atoms with Crippen molar-refractivity contribution in [1.29, 1.82) is 0 Å². The molecule has 0 spiro atoms. The Morgan fingerprint density at radius 3 is 2.54 bits per heavy atom. The summed E-state index contributed by atoms with van der Waals surface area (Å²) in [4.78, 5) is 24.4. The topological polar surface area (TPSA) is 48.3 Å². The Hall–Kier alpha value is -2.31. The lowest BCUT2D eigenvalue weighted by atomic mass is 10.1. The molecule has 2 rings (SSSR count). The second kappa shape index (κ2) is 7.07. The van der Waals surface area contributed by atoms with Crippen LogP contribution in [0, 0.1) is 0 Å². The minimum atomic E-state index is -4.50. The number of carbonyl (C=O) groups excluding carboxylic acids is 1. The standard InChI is InChI=1S/C17H18F3NO3/c1-3-5-8-21-10-13(16(23)24-4-2)15(22)12-7-6-11(9-14(12)21)17(18,19)20/h6-7,9-10H,3-5,8H2,1-2H3. The van der Waals surface area contributed by atoms with Gasteiger partial charge in [-0.15, -0.1) is 0 Å². The molecule has 1 aromatic heterocycles. The lowest BCUT2D eigenvalue weighted by molar-refractivity contribution is -0.137. The van der Waals surface area contributed by atoms with Gasteiger partial charge in [-0.3, -0.25) is 4.79 Å². The van der Waals surface area contributed by atoms with Crippen LogP contribution in [0.15, 0.2) is 29.2 Å². The van der Waals surface area contributed by atoms with E-state index in [1.54, 1.807) is 6.92 Å². The number of pyridine rings is 1. The molecule has 0 atom stereocenters. The Balaban J connectivity index is 2.71. The van der Waals surface area contributed by atoms with Crippen LogP contribution in [0.25, 0.3) is 10.9 Å². The molecule has 7 heteroatoms. The maximum atomic E-state index is 12.9. The number of aryl methyl sites for hydroxylation is 1. The van der Waals surface area contributed by atoms with E-state index >= 15 is 0 Å². The molecule has 0 amide bonds. The first-order valence-electron chi connectivity index (χ1n) is 7.71. The van der Waals surface area contributed by atoms with E-state index in [9.17, 15) is 22.8 Å². The fourth-order valence-electron chi connectivity index (χ4n) is 2.43. The maximum Gasteiger partial charge on any atom is 0.416 e. The third-order valence-corrected chi connectivity index (χ3v) is 3.66. The average Bonchev–Trinajstić information content (AvgIpc) is 2.53. The van der Waals surface area contributed by atoms with Gasteiger partial charge < -0.3 is 9.30 Å². The number of benzene rings is 1. The molecule has 0 fully saturated rings. The molecule has 1 aromatic carbocycles. The monoisotopic (exact) mass is 341 g/mol. The molecule has 130 valence electrons. The molecule has 0 aliphatic heterocycles. The summed E-state index contributed by atoms with van der Waals surface area (Å²) in [7, 11) is 0. The number of alkyl halides is 3. The predicted molar refractivity (Wildman–Crippen MR) is 84.1 cm³/mol. The van der Waals surface area contributed by atoms with Crippen LogP contribution in [0.2, 0.25) is 0 Å². The van der Waals surface area contributed by atoms with E-state index in [0.717, 1.165) is 24.6 Å². The minimum Gasteiger partial charge on any atom is -0.462 e. The van der Waals surface area contributed by atoms with Crippen molar-refractivity contribution in [2.45, 2.75) is 39.4 Å². The number of carbonyl (C=O) groups is 1. The van der Waals surface area contributed by atoms with Gasteiger partial charge in [0, 0.05) is 18.1 Å². The SMILES string of the molecule is CCCCn1cc(C(=O)OCC)c(=O)c2ccc(C(F)(F)F)cc21. The number of halogens is 3. The molecule has 0 N–H and O–H groups in total. The second-order valence-corrected chi connectivity index (χ2v) is 5.37. The highest BCUT2D eigenvalue weighted by Crippen LogP contribution is 2.31. The fraction of sp³-hybridized carbons (Fsp3) is 0.412. The Morgan fingerprint density at radius 2 is 1.96 bits per heavy atom. The van der Waals surface area contributed by atoms with Crippen LogP contribution in [0.4, 0.5) is 13.2 Å². The number of fused-ring (bicyclic) bond motifs is 1. The van der Waals surface area contributed by atoms with E-state index in [1.165, 1.54) is 10.8 Å². The Kier molecular flexibility index (Phi) is 5.31. The molecule has 4 nitrogen and oxygen atoms in total. The molecule has 0 bridgehead atoms. The van der Waals surface area contributed by atoms with E-state index in [0.29, 0.717) is 13.0 Å². The quantitative estimate of drug-likeness (QED) is 0.773. The van der Waals surface area contributed by atoms with Crippen LogP contribution in [0.3, 0.4) is 0 Å². The highest BCUT2D eigenvalue weighted by molar-refractivity contribution is 5.93. The first-order valence-corrected chi connectivity index (χ1v) is 7.71. The van der Waals surface area contributed by atoms with Crippen LogP contribution < -0.4 is 5.43 Å². The summed E-state index contributed by atoms with van der Waals surface area (Å²) in [5.41, 5.74) is -1.45. The summed E-state index contributed by atoms with van der Waals surface area (Å²) in [6.07, 6.45) is -1.68. The van der Waals surface area contributed by atoms with E-state index in [4.69, 9.17) is 4.74 Å². The summed E-state index contributed by atoms with van der Waals surface area (Å²) in [6, 6.07) is 2.91. The molecule has 0 unspecified atom stereocenters. The van der Waals surface area contributed by atoms with E-state index in [-0.39, 0.29) is 23.1 Å². The smallest absolute Gasteiger partial charge is 0.416 e. The predicted octanol–water partition coefficient (Wildman–Crippen LogP) is 4.00. The van der Waals surface area contributed by atoms with Gasteiger partial charge in [0.2, 0.25) is 5.43 Å². The summed E-state index contributed by atoms with van der Waals surface area (Å²) in [5, 5.41) is 0.0738. The zero-order chi connectivity index (χ0) is 17.9. The Labute approximate surface area is 136 Å². The van der Waals surface area contributed by atoms with E-state index < -0.39 is 23.1 Å². The molecule has 24 heavy (non-hydrogen) atoms. The molecular weight excluding hydrogens is 323 g/mol. The molecular formula is C17H18F3NO3. The van der Waals surface area contributed by atoms with Crippen LogP contribution in [0.1, 0.15) is 42.6 Å². The summed E-state index contributed by atoms with van der Waals surface area (Å²) in [6.45, 7) is 4.07. The largest absolute Gasteiger partial charge is 0.462 e. The number of esters is 1. The van der Waals surface area contributed by atoms with Gasteiger partial charge in [-0.1, -0.05) is 13.3 Å². The van der Waals surface area contributed by atoms with Crippen LogP contribution in [-0.2, 0) is 17.5 Å². The number of rotatable bonds is 5. The van der Waals surface area contributed by atoms with Gasteiger partial charge in [0.15, 0.2) is 0 Å². The van der Waals surface area contributed by atoms with Gasteiger partial charge in [0.05, 0.1) is 17.7 Å². The van der Waals surface area contributed by atoms with Crippen molar-refractivity contribution in [1.82, 2.24) is 4.57 Å². The summed E-state index contributed by atoms with van der Waals surface area (Å²) >= 11 is 0. The Bertz CT molecular complexity index is 809. The number of aromatic nitrogens is 1. The third-order valence-electron chi connectivity index (χ3n) is 3.66. The van der Waals surface area contributed by atoms with Crippen molar-refractivity contribution in [2.24, 2.45) is 0 Å². The molecule has 0 radical (unpaired) electrons. The maximum absolute atomic E-state index is 12.9. The number of hydrogen-bond acceptors (Lipinski definition) is 3. The van der Waals surface area contributed by atoms with Crippen molar-refractivity contribution in [3.63, 3.8) is 0 Å². The highest BCUT2D eigenvalue weighted by Gasteiger charge is 2.31. The molecule has 1 heterocycles. The van der Waals surface area contributed by atoms with Gasteiger partial charge in [0.25, 0.3) is 0 Å². The number of nitrogens with zero attached hydrogens (tertiary/aromatic N) is 1. The molecule has 0 saturated carbocycles. The lowest BCUT2D eigenvalue weighted by Crippen LogP contribution is -2.21. The fourth-order valence-corrected chi connectivity index (χ4v) is 2.43. The zero-order valence-corrected chi connectivity index (χ0v) is 13.4. The molecule has 0 saturated heterocycles. The number of hydrogen-bond donors (Lipinski definition) is 0. The normalized spacial score (nSPS) is 11.7. The van der Waals surface area contributed by atoms with Crippen molar-refractivity contribution in [3.8, 4) is 0 Å². The van der Waals surface area contributed by atoms with Crippen molar-refractivity contribution < 1.29 is 22.7 Å². The van der Waals surface area contributed by atoms with Crippen molar-refractivity contribution >= 4 is 16.9 Å². The van der Waals surface area contributed by atoms with Gasteiger partial charge in [0.1, 0.15) is 5.56 Å². The van der Waals surface area contributed by atoms with Crippen molar-refractivity contribution in [3.05, 3.63) is 45.7 Å². The summed E-state index contributed by atoms with van der Waals surface area (Å²) < 4.78 is 45.2. The first kappa shape index (κ1) is 18.0. The van der Waals surface area contributed by atoms with Crippen LogP contribution in [0.5, 0.6) is 0 Å². The highest BCUT2D eigenvalue weighted by atomic mass is 19.4. The number of unbranched alkanes of at least 4 members (excludes halogenated alkanes) is 1. The minimum absolute atomic E-state index is 0.0738. The van der Waals surface area contributed by atoms with Crippen LogP contribution in [-0.4, -0.2) is 17.1 Å². The average molecular weight is 341 g/mol. The summed E-state index contributed by atoms with van der Waals surface area (Å²) in [5.74, 6) is -0.769.